The second kappa shape index (κ2) is 6.77. The number of carbonyl (C=O) groups excluding carboxylic acids is 1. The Balaban J connectivity index is 1.96. The lowest BCUT2D eigenvalue weighted by Crippen LogP contribution is -2.21. The third-order valence-electron chi connectivity index (χ3n) is 4.33. The summed E-state index contributed by atoms with van der Waals surface area (Å²) < 4.78 is 39.6. The van der Waals surface area contributed by atoms with Crippen molar-refractivity contribution in [2.75, 3.05) is 13.1 Å². The zero-order valence-electron chi connectivity index (χ0n) is 13.1. The largest absolute Gasteiger partial charge is 0.417 e. The summed E-state index contributed by atoms with van der Waals surface area (Å²) in [7, 11) is 0. The molecule has 0 unspecified atom stereocenters. The van der Waals surface area contributed by atoms with Crippen LogP contribution < -0.4 is 0 Å². The summed E-state index contributed by atoms with van der Waals surface area (Å²) in [6.07, 6.45) is -2.31. The molecule has 24 heavy (non-hydrogen) atoms. The first-order valence-electron chi connectivity index (χ1n) is 7.98. The van der Waals surface area contributed by atoms with E-state index in [2.05, 4.69) is 4.90 Å². The molecule has 0 radical (unpaired) electrons. The quantitative estimate of drug-likeness (QED) is 0.766. The molecule has 0 N–H and O–H groups in total. The van der Waals surface area contributed by atoms with Crippen LogP contribution in [0.5, 0.6) is 0 Å². The van der Waals surface area contributed by atoms with Crippen LogP contribution in [0.3, 0.4) is 0 Å². The molecule has 1 saturated heterocycles. The van der Waals surface area contributed by atoms with Gasteiger partial charge in [0.05, 0.1) is 5.56 Å². The van der Waals surface area contributed by atoms with E-state index in [1.54, 1.807) is 12.1 Å². The number of benzene rings is 2. The Morgan fingerprint density at radius 2 is 1.50 bits per heavy atom. The van der Waals surface area contributed by atoms with Crippen molar-refractivity contribution < 1.29 is 18.0 Å². The van der Waals surface area contributed by atoms with Crippen LogP contribution in [0, 0.1) is 0 Å². The van der Waals surface area contributed by atoms with E-state index in [-0.39, 0.29) is 5.56 Å². The zero-order chi connectivity index (χ0) is 17.2. The number of hydrogen-bond donors (Lipinski definition) is 0. The van der Waals surface area contributed by atoms with E-state index < -0.39 is 17.5 Å². The lowest BCUT2D eigenvalue weighted by atomic mass is 9.94. The van der Waals surface area contributed by atoms with Gasteiger partial charge in [-0.3, -0.25) is 9.69 Å². The zero-order valence-corrected chi connectivity index (χ0v) is 13.1. The number of carbonyl (C=O) groups is 1. The van der Waals surface area contributed by atoms with E-state index in [1.165, 1.54) is 18.2 Å². The van der Waals surface area contributed by atoms with Gasteiger partial charge in [0.25, 0.3) is 0 Å². The third kappa shape index (κ3) is 3.51. The Labute approximate surface area is 138 Å². The summed E-state index contributed by atoms with van der Waals surface area (Å²) in [5.74, 6) is -0.572. The molecule has 126 valence electrons. The molecule has 2 aromatic carbocycles. The smallest absolute Gasteiger partial charge is 0.299 e. The molecular formula is C19H18F3NO. The molecule has 2 aromatic rings. The first-order valence-corrected chi connectivity index (χ1v) is 7.98. The average Bonchev–Trinajstić information content (AvgIpc) is 3.07. The first kappa shape index (κ1) is 16.7. The van der Waals surface area contributed by atoms with Gasteiger partial charge in [-0.2, -0.15) is 13.2 Å². The van der Waals surface area contributed by atoms with E-state index >= 15 is 0 Å². The van der Waals surface area contributed by atoms with Crippen LogP contribution in [-0.4, -0.2) is 23.8 Å². The summed E-state index contributed by atoms with van der Waals surface area (Å²) in [5, 5.41) is 0. The van der Waals surface area contributed by atoms with E-state index in [4.69, 9.17) is 0 Å². The third-order valence-corrected chi connectivity index (χ3v) is 4.33. The summed E-state index contributed by atoms with van der Waals surface area (Å²) >= 11 is 0. The minimum absolute atomic E-state index is 0.293. The molecule has 1 aliphatic rings. The average molecular weight is 333 g/mol. The van der Waals surface area contributed by atoms with Crippen molar-refractivity contribution in [3.8, 4) is 0 Å². The standard InChI is InChI=1S/C19H18F3NO/c20-19(21,22)17-10-4-3-9-16(17)18(24)15-8-2-1-7-14(15)13-23-11-5-6-12-23/h1-4,7-10H,5-6,11-13H2. The van der Waals surface area contributed by atoms with Crippen LogP contribution in [0.15, 0.2) is 48.5 Å². The van der Waals surface area contributed by atoms with Crippen molar-refractivity contribution in [2.24, 2.45) is 0 Å². The van der Waals surface area contributed by atoms with Gasteiger partial charge in [-0.15, -0.1) is 0 Å². The number of rotatable bonds is 4. The molecule has 1 heterocycles. The molecule has 0 spiro atoms. The predicted molar refractivity (Wildman–Crippen MR) is 85.8 cm³/mol. The van der Waals surface area contributed by atoms with Gasteiger partial charge in [-0.25, -0.2) is 0 Å². The maximum absolute atomic E-state index is 13.2. The number of ketones is 1. The molecular weight excluding hydrogens is 315 g/mol. The van der Waals surface area contributed by atoms with Gasteiger partial charge >= 0.3 is 6.18 Å². The number of likely N-dealkylation sites (tertiary alicyclic amines) is 1. The second-order valence-electron chi connectivity index (χ2n) is 6.01. The summed E-state index contributed by atoms with van der Waals surface area (Å²) in [4.78, 5) is 15.0. The van der Waals surface area contributed by atoms with E-state index in [9.17, 15) is 18.0 Å². The van der Waals surface area contributed by atoms with Crippen LogP contribution in [-0.2, 0) is 12.7 Å². The highest BCUT2D eigenvalue weighted by molar-refractivity contribution is 6.10. The summed E-state index contributed by atoms with van der Waals surface area (Å²) in [6.45, 7) is 2.51. The van der Waals surface area contributed by atoms with Gasteiger partial charge in [0.1, 0.15) is 0 Å². The molecule has 3 rings (SSSR count). The molecule has 2 nitrogen and oxygen atoms in total. The molecule has 0 aromatic heterocycles. The Morgan fingerprint density at radius 1 is 0.917 bits per heavy atom. The molecule has 0 atom stereocenters. The van der Waals surface area contributed by atoms with Crippen LogP contribution in [0.2, 0.25) is 0 Å². The monoisotopic (exact) mass is 333 g/mol. The highest BCUT2D eigenvalue weighted by atomic mass is 19.4. The van der Waals surface area contributed by atoms with Gasteiger partial charge < -0.3 is 0 Å². The molecule has 0 saturated carbocycles. The Kier molecular flexibility index (Phi) is 4.71. The van der Waals surface area contributed by atoms with E-state index in [0.717, 1.165) is 37.6 Å². The lowest BCUT2D eigenvalue weighted by Gasteiger charge is -2.18. The first-order chi connectivity index (χ1) is 11.5. The second-order valence-corrected chi connectivity index (χ2v) is 6.01. The van der Waals surface area contributed by atoms with Gasteiger partial charge in [0.15, 0.2) is 5.78 Å². The molecule has 1 aliphatic heterocycles. The SMILES string of the molecule is O=C(c1ccccc1CN1CCCC1)c1ccccc1C(F)(F)F. The number of nitrogens with zero attached hydrogens (tertiary/aromatic N) is 1. The predicted octanol–water partition coefficient (Wildman–Crippen LogP) is 4.53. The van der Waals surface area contributed by atoms with Gasteiger partial charge in [0, 0.05) is 17.7 Å². The minimum atomic E-state index is -4.55. The van der Waals surface area contributed by atoms with Crippen molar-refractivity contribution in [2.45, 2.75) is 25.6 Å². The van der Waals surface area contributed by atoms with Crippen molar-refractivity contribution in [3.05, 3.63) is 70.8 Å². The van der Waals surface area contributed by atoms with Crippen molar-refractivity contribution >= 4 is 5.78 Å². The minimum Gasteiger partial charge on any atom is -0.299 e. The maximum Gasteiger partial charge on any atom is 0.417 e. The van der Waals surface area contributed by atoms with Crippen LogP contribution in [0.1, 0.15) is 39.9 Å². The van der Waals surface area contributed by atoms with Gasteiger partial charge in [-0.1, -0.05) is 42.5 Å². The fourth-order valence-electron chi connectivity index (χ4n) is 3.13. The maximum atomic E-state index is 13.2. The van der Waals surface area contributed by atoms with Crippen LogP contribution in [0.4, 0.5) is 13.2 Å². The number of alkyl halides is 3. The van der Waals surface area contributed by atoms with Crippen molar-refractivity contribution in [1.29, 1.82) is 0 Å². The lowest BCUT2D eigenvalue weighted by molar-refractivity contribution is -0.137. The fourth-order valence-corrected chi connectivity index (χ4v) is 3.13. The Morgan fingerprint density at radius 3 is 2.17 bits per heavy atom. The van der Waals surface area contributed by atoms with Gasteiger partial charge in [0.2, 0.25) is 0 Å². The molecule has 5 heteroatoms. The van der Waals surface area contributed by atoms with Crippen LogP contribution >= 0.6 is 0 Å². The molecule has 0 bridgehead atoms. The highest BCUT2D eigenvalue weighted by Gasteiger charge is 2.35. The van der Waals surface area contributed by atoms with Crippen molar-refractivity contribution in [1.82, 2.24) is 4.90 Å². The normalized spacial score (nSPS) is 15.6. The van der Waals surface area contributed by atoms with E-state index in [1.807, 2.05) is 12.1 Å². The topological polar surface area (TPSA) is 20.3 Å². The fraction of sp³-hybridized carbons (Fsp3) is 0.316. The van der Waals surface area contributed by atoms with E-state index in [0.29, 0.717) is 12.1 Å². The Bertz CT molecular complexity index is 733. The number of halogens is 3. The van der Waals surface area contributed by atoms with Gasteiger partial charge in [-0.05, 0) is 37.6 Å². The molecule has 1 fully saturated rings. The molecule has 0 amide bonds. The summed E-state index contributed by atoms with van der Waals surface area (Å²) in [5.41, 5.74) is -0.0488. The Hall–Kier alpha value is -2.14. The van der Waals surface area contributed by atoms with Crippen LogP contribution in [0.25, 0.3) is 0 Å². The molecule has 0 aliphatic carbocycles. The summed E-state index contributed by atoms with van der Waals surface area (Å²) in [6, 6.07) is 11.9. The van der Waals surface area contributed by atoms with Crippen molar-refractivity contribution in [3.63, 3.8) is 0 Å². The number of hydrogen-bond acceptors (Lipinski definition) is 2. The highest BCUT2D eigenvalue weighted by Crippen LogP contribution is 2.33.